The second-order valence-corrected chi connectivity index (χ2v) is 6.18. The predicted octanol–water partition coefficient (Wildman–Crippen LogP) is 2.35. The molecule has 1 fully saturated rings. The minimum absolute atomic E-state index is 0.370. The number of anilines is 1. The van der Waals surface area contributed by atoms with Gasteiger partial charge in [-0.2, -0.15) is 5.26 Å². The van der Waals surface area contributed by atoms with Crippen LogP contribution in [0.3, 0.4) is 0 Å². The number of hydrogen-bond donors (Lipinski definition) is 2. The summed E-state index contributed by atoms with van der Waals surface area (Å²) in [6.07, 6.45) is 0.370. The molecule has 0 saturated carbocycles. The van der Waals surface area contributed by atoms with Gasteiger partial charge in [0.1, 0.15) is 12.1 Å². The van der Waals surface area contributed by atoms with Gasteiger partial charge in [0.15, 0.2) is 0 Å². The van der Waals surface area contributed by atoms with Gasteiger partial charge in [0, 0.05) is 5.69 Å². The number of carbonyl (C=O) groups is 3. The third kappa shape index (κ3) is 3.37. The summed E-state index contributed by atoms with van der Waals surface area (Å²) in [4.78, 5) is 38.6. The first kappa shape index (κ1) is 18.1. The summed E-state index contributed by atoms with van der Waals surface area (Å²) >= 11 is 0. The summed E-state index contributed by atoms with van der Waals surface area (Å²) in [6.45, 7) is 1.42. The van der Waals surface area contributed by atoms with Crippen molar-refractivity contribution >= 4 is 23.5 Å². The van der Waals surface area contributed by atoms with Crippen LogP contribution in [0.1, 0.15) is 24.5 Å². The zero-order valence-electron chi connectivity index (χ0n) is 14.7. The molecule has 27 heavy (non-hydrogen) atoms. The van der Waals surface area contributed by atoms with Crippen LogP contribution in [-0.4, -0.2) is 29.3 Å². The number of nitrogens with one attached hydrogen (secondary N) is 2. The SMILES string of the molecule is CC[C@]1(c2ccccc2)NC(=O)N(CC(=O)Nc2ccc(C#N)cc2)C1=O. The van der Waals surface area contributed by atoms with Crippen LogP contribution in [0.2, 0.25) is 0 Å². The number of hydrogen-bond acceptors (Lipinski definition) is 4. The van der Waals surface area contributed by atoms with Gasteiger partial charge < -0.3 is 10.6 Å². The lowest BCUT2D eigenvalue weighted by Gasteiger charge is -2.25. The van der Waals surface area contributed by atoms with Gasteiger partial charge in [-0.3, -0.25) is 14.5 Å². The fourth-order valence-electron chi connectivity index (χ4n) is 3.10. The Morgan fingerprint density at radius 2 is 1.81 bits per heavy atom. The van der Waals surface area contributed by atoms with Gasteiger partial charge in [0.05, 0.1) is 11.6 Å². The number of urea groups is 1. The lowest BCUT2D eigenvalue weighted by atomic mass is 9.87. The number of imide groups is 1. The average Bonchev–Trinajstić information content (AvgIpc) is 2.94. The highest BCUT2D eigenvalue weighted by Crippen LogP contribution is 2.32. The molecule has 0 aromatic heterocycles. The van der Waals surface area contributed by atoms with Crippen LogP contribution >= 0.6 is 0 Å². The quantitative estimate of drug-likeness (QED) is 0.797. The summed E-state index contributed by atoms with van der Waals surface area (Å²) in [5, 5.41) is 14.2. The smallest absolute Gasteiger partial charge is 0.325 e. The molecular formula is C20H18N4O3. The highest BCUT2D eigenvalue weighted by atomic mass is 16.2. The maximum atomic E-state index is 13.0. The van der Waals surface area contributed by atoms with Crippen molar-refractivity contribution in [2.45, 2.75) is 18.9 Å². The monoisotopic (exact) mass is 362 g/mol. The Labute approximate surface area is 156 Å². The van der Waals surface area contributed by atoms with Crippen LogP contribution in [0.4, 0.5) is 10.5 Å². The van der Waals surface area contributed by atoms with Crippen LogP contribution in [0.25, 0.3) is 0 Å². The number of carbonyl (C=O) groups excluding carboxylic acids is 3. The molecule has 1 aliphatic heterocycles. The van der Waals surface area contributed by atoms with Gasteiger partial charge in [-0.15, -0.1) is 0 Å². The molecule has 2 aromatic carbocycles. The van der Waals surface area contributed by atoms with Gasteiger partial charge >= 0.3 is 6.03 Å². The van der Waals surface area contributed by atoms with Crippen molar-refractivity contribution in [3.8, 4) is 6.07 Å². The molecule has 1 heterocycles. The Kier molecular flexibility index (Phi) is 4.90. The maximum absolute atomic E-state index is 13.0. The van der Waals surface area contributed by atoms with Crippen molar-refractivity contribution in [1.82, 2.24) is 10.2 Å². The Morgan fingerprint density at radius 3 is 2.41 bits per heavy atom. The number of nitrogens with zero attached hydrogens (tertiary/aromatic N) is 2. The first-order chi connectivity index (χ1) is 13.0. The summed E-state index contributed by atoms with van der Waals surface area (Å²) in [6, 6.07) is 16.7. The Balaban J connectivity index is 1.75. The fraction of sp³-hybridized carbons (Fsp3) is 0.200. The molecule has 0 aliphatic carbocycles. The van der Waals surface area contributed by atoms with E-state index in [0.29, 0.717) is 23.2 Å². The largest absolute Gasteiger partial charge is 0.325 e. The number of rotatable bonds is 5. The molecule has 2 aromatic rings. The second-order valence-electron chi connectivity index (χ2n) is 6.18. The van der Waals surface area contributed by atoms with E-state index >= 15 is 0 Å². The lowest BCUT2D eigenvalue weighted by molar-refractivity contribution is -0.134. The van der Waals surface area contributed by atoms with E-state index in [1.54, 1.807) is 48.5 Å². The van der Waals surface area contributed by atoms with E-state index in [1.807, 2.05) is 19.1 Å². The van der Waals surface area contributed by atoms with Crippen LogP contribution < -0.4 is 10.6 Å². The van der Waals surface area contributed by atoms with Crippen LogP contribution in [-0.2, 0) is 15.1 Å². The average molecular weight is 362 g/mol. The molecule has 0 radical (unpaired) electrons. The van der Waals surface area contributed by atoms with Crippen LogP contribution in [0.15, 0.2) is 54.6 Å². The van der Waals surface area contributed by atoms with Gasteiger partial charge in [0.25, 0.3) is 5.91 Å². The molecule has 136 valence electrons. The van der Waals surface area contributed by atoms with E-state index in [1.165, 1.54) is 0 Å². The topological polar surface area (TPSA) is 102 Å². The third-order valence-corrected chi connectivity index (χ3v) is 4.57. The van der Waals surface area contributed by atoms with Crippen molar-refractivity contribution in [1.29, 1.82) is 5.26 Å². The molecule has 1 aliphatic rings. The molecule has 0 spiro atoms. The first-order valence-electron chi connectivity index (χ1n) is 8.50. The van der Waals surface area contributed by atoms with Crippen molar-refractivity contribution in [3.63, 3.8) is 0 Å². The number of nitriles is 1. The number of amides is 4. The molecule has 7 heteroatoms. The van der Waals surface area contributed by atoms with Crippen molar-refractivity contribution in [3.05, 3.63) is 65.7 Å². The molecule has 1 saturated heterocycles. The van der Waals surface area contributed by atoms with Crippen LogP contribution in [0.5, 0.6) is 0 Å². The zero-order chi connectivity index (χ0) is 19.4. The van der Waals surface area contributed by atoms with Crippen molar-refractivity contribution < 1.29 is 14.4 Å². The highest BCUT2D eigenvalue weighted by Gasteiger charge is 2.51. The standard InChI is InChI=1S/C20H18N4O3/c1-2-20(15-6-4-3-5-7-15)18(26)24(19(27)23-20)13-17(25)22-16-10-8-14(12-21)9-11-16/h3-11H,2,13H2,1H3,(H,22,25)(H,23,27)/t20-/m1/s1. The highest BCUT2D eigenvalue weighted by molar-refractivity contribution is 6.10. The Morgan fingerprint density at radius 1 is 1.15 bits per heavy atom. The molecule has 1 atom stereocenters. The molecule has 7 nitrogen and oxygen atoms in total. The zero-order valence-corrected chi connectivity index (χ0v) is 14.7. The summed E-state index contributed by atoms with van der Waals surface area (Å²) in [7, 11) is 0. The maximum Gasteiger partial charge on any atom is 0.325 e. The van der Waals surface area contributed by atoms with Crippen molar-refractivity contribution in [2.24, 2.45) is 0 Å². The Bertz CT molecular complexity index is 918. The third-order valence-electron chi connectivity index (χ3n) is 4.57. The van der Waals surface area contributed by atoms with Crippen molar-refractivity contribution in [2.75, 3.05) is 11.9 Å². The minimum Gasteiger partial charge on any atom is -0.325 e. The van der Waals surface area contributed by atoms with E-state index in [-0.39, 0.29) is 6.54 Å². The fourth-order valence-corrected chi connectivity index (χ4v) is 3.10. The molecule has 2 N–H and O–H groups in total. The minimum atomic E-state index is -1.16. The van der Waals surface area contributed by atoms with Gasteiger partial charge in [-0.05, 0) is 36.2 Å². The Hall–Kier alpha value is -3.66. The van der Waals surface area contributed by atoms with E-state index in [2.05, 4.69) is 10.6 Å². The molecule has 3 rings (SSSR count). The predicted molar refractivity (Wildman–Crippen MR) is 98.4 cm³/mol. The van der Waals surface area contributed by atoms with Gasteiger partial charge in [-0.25, -0.2) is 4.79 Å². The summed E-state index contributed by atoms with van der Waals surface area (Å²) in [5.41, 5.74) is 0.474. The summed E-state index contributed by atoms with van der Waals surface area (Å²) < 4.78 is 0. The number of benzene rings is 2. The van der Waals surface area contributed by atoms with E-state index in [4.69, 9.17) is 5.26 Å². The van der Waals surface area contributed by atoms with E-state index in [9.17, 15) is 14.4 Å². The molecule has 0 bridgehead atoms. The lowest BCUT2D eigenvalue weighted by Crippen LogP contribution is -2.44. The van der Waals surface area contributed by atoms with E-state index < -0.39 is 23.4 Å². The van der Waals surface area contributed by atoms with Crippen LogP contribution in [0, 0.1) is 11.3 Å². The first-order valence-corrected chi connectivity index (χ1v) is 8.50. The van der Waals surface area contributed by atoms with Gasteiger partial charge in [-0.1, -0.05) is 37.3 Å². The van der Waals surface area contributed by atoms with E-state index in [0.717, 1.165) is 4.90 Å². The second kappa shape index (κ2) is 7.30. The molecule has 4 amide bonds. The molecular weight excluding hydrogens is 344 g/mol. The summed E-state index contributed by atoms with van der Waals surface area (Å²) in [5.74, 6) is -0.945. The van der Waals surface area contributed by atoms with Gasteiger partial charge in [0.2, 0.25) is 5.91 Å². The molecule has 0 unspecified atom stereocenters. The normalized spacial score (nSPS) is 18.7.